The fraction of sp³-hybridized carbons (Fsp3) is 0.571. The molecule has 1 atom stereocenters. The van der Waals surface area contributed by atoms with Gasteiger partial charge in [-0.25, -0.2) is 0 Å². The van der Waals surface area contributed by atoms with E-state index in [4.69, 9.17) is 0 Å². The van der Waals surface area contributed by atoms with E-state index in [0.717, 1.165) is 6.54 Å². The Labute approximate surface area is 116 Å². The largest absolute Gasteiger partial charge is 0.306 e. The molecule has 17 heavy (non-hydrogen) atoms. The summed E-state index contributed by atoms with van der Waals surface area (Å²) in [5.74, 6) is 0. The number of nitrogens with one attached hydrogen (secondary N) is 1. The number of likely N-dealkylation sites (N-methyl/N-ethyl adjacent to an activating group) is 1. The van der Waals surface area contributed by atoms with Crippen LogP contribution in [-0.4, -0.2) is 6.54 Å². The molecule has 2 rings (SSSR count). The van der Waals surface area contributed by atoms with Crippen molar-refractivity contribution in [2.24, 2.45) is 0 Å². The molecule has 94 valence electrons. The molecule has 1 nitrogen and oxygen atoms in total. The summed E-state index contributed by atoms with van der Waals surface area (Å²) in [6, 6.07) is 4.84. The van der Waals surface area contributed by atoms with Crippen LogP contribution in [0.25, 0.3) is 0 Å². The molecule has 0 fully saturated rings. The first-order chi connectivity index (χ1) is 8.31. The minimum atomic E-state index is 0.439. The minimum Gasteiger partial charge on any atom is -0.306 e. The SMILES string of the molecule is CCNC(C1=CCCCCC1)c1ccc(Br)s1. The van der Waals surface area contributed by atoms with E-state index < -0.39 is 0 Å². The highest BCUT2D eigenvalue weighted by Crippen LogP contribution is 2.34. The number of rotatable bonds is 4. The number of hydrogen-bond donors (Lipinski definition) is 1. The predicted molar refractivity (Wildman–Crippen MR) is 79.6 cm³/mol. The van der Waals surface area contributed by atoms with E-state index in [9.17, 15) is 0 Å². The van der Waals surface area contributed by atoms with E-state index in [2.05, 4.69) is 46.4 Å². The van der Waals surface area contributed by atoms with Gasteiger partial charge in [-0.2, -0.15) is 0 Å². The van der Waals surface area contributed by atoms with Gasteiger partial charge in [0.2, 0.25) is 0 Å². The van der Waals surface area contributed by atoms with Crippen LogP contribution < -0.4 is 5.32 Å². The third-order valence-electron chi connectivity index (χ3n) is 3.23. The zero-order chi connectivity index (χ0) is 12.1. The maximum atomic E-state index is 3.63. The molecule has 3 heteroatoms. The zero-order valence-corrected chi connectivity index (χ0v) is 12.7. The van der Waals surface area contributed by atoms with E-state index >= 15 is 0 Å². The van der Waals surface area contributed by atoms with Gasteiger partial charge in [-0.05, 0) is 60.3 Å². The van der Waals surface area contributed by atoms with Crippen molar-refractivity contribution in [3.05, 3.63) is 32.4 Å². The Morgan fingerprint density at radius 1 is 1.35 bits per heavy atom. The van der Waals surface area contributed by atoms with Gasteiger partial charge in [0.15, 0.2) is 0 Å². The highest BCUT2D eigenvalue weighted by atomic mass is 79.9. The summed E-state index contributed by atoms with van der Waals surface area (Å²) in [4.78, 5) is 1.44. The molecule has 1 N–H and O–H groups in total. The Balaban J connectivity index is 2.18. The molecular weight excluding hydrogens is 294 g/mol. The van der Waals surface area contributed by atoms with Crippen molar-refractivity contribution in [3.63, 3.8) is 0 Å². The Hall–Kier alpha value is -0.120. The van der Waals surface area contributed by atoms with Gasteiger partial charge in [-0.1, -0.05) is 25.0 Å². The molecule has 0 saturated heterocycles. The summed E-state index contributed by atoms with van der Waals surface area (Å²) in [6.45, 7) is 3.21. The van der Waals surface area contributed by atoms with Crippen LogP contribution in [0.15, 0.2) is 27.6 Å². The zero-order valence-electron chi connectivity index (χ0n) is 10.3. The summed E-state index contributed by atoms with van der Waals surface area (Å²) < 4.78 is 1.23. The molecule has 0 spiro atoms. The number of halogens is 1. The first kappa shape index (κ1) is 13.3. The summed E-state index contributed by atoms with van der Waals surface area (Å²) in [6.07, 6.45) is 9.06. The molecule has 1 aromatic heterocycles. The number of allylic oxidation sites excluding steroid dienone is 1. The Kier molecular flexibility index (Phi) is 5.26. The first-order valence-electron chi connectivity index (χ1n) is 6.49. The first-order valence-corrected chi connectivity index (χ1v) is 8.09. The monoisotopic (exact) mass is 313 g/mol. The second-order valence-electron chi connectivity index (χ2n) is 4.51. The topological polar surface area (TPSA) is 12.0 Å². The van der Waals surface area contributed by atoms with Gasteiger partial charge in [-0.3, -0.25) is 0 Å². The molecule has 0 aromatic carbocycles. The van der Waals surface area contributed by atoms with Crippen LogP contribution in [0.5, 0.6) is 0 Å². The number of thiophene rings is 1. The van der Waals surface area contributed by atoms with E-state index in [1.54, 1.807) is 5.57 Å². The lowest BCUT2D eigenvalue weighted by Crippen LogP contribution is -2.22. The molecular formula is C14H20BrNS. The van der Waals surface area contributed by atoms with Crippen molar-refractivity contribution in [2.75, 3.05) is 6.54 Å². The normalized spacial score (nSPS) is 18.6. The van der Waals surface area contributed by atoms with Crippen LogP contribution in [-0.2, 0) is 0 Å². The molecule has 1 unspecified atom stereocenters. The van der Waals surface area contributed by atoms with Crippen molar-refractivity contribution >= 4 is 27.3 Å². The van der Waals surface area contributed by atoms with Crippen molar-refractivity contribution < 1.29 is 0 Å². The average Bonchev–Trinajstić information content (AvgIpc) is 2.60. The second kappa shape index (κ2) is 6.72. The molecule has 0 bridgehead atoms. The van der Waals surface area contributed by atoms with Gasteiger partial charge in [0.05, 0.1) is 9.83 Å². The van der Waals surface area contributed by atoms with E-state index in [0.29, 0.717) is 6.04 Å². The predicted octanol–water partition coefficient (Wildman–Crippen LogP) is 5.05. The van der Waals surface area contributed by atoms with Gasteiger partial charge in [0.25, 0.3) is 0 Å². The minimum absolute atomic E-state index is 0.439. The van der Waals surface area contributed by atoms with Crippen LogP contribution in [0.4, 0.5) is 0 Å². The average molecular weight is 314 g/mol. The Morgan fingerprint density at radius 3 is 2.94 bits per heavy atom. The van der Waals surface area contributed by atoms with Gasteiger partial charge in [-0.15, -0.1) is 11.3 Å². The van der Waals surface area contributed by atoms with Crippen molar-refractivity contribution in [2.45, 2.75) is 45.1 Å². The fourth-order valence-electron chi connectivity index (χ4n) is 2.40. The molecule has 0 saturated carbocycles. The van der Waals surface area contributed by atoms with Crippen molar-refractivity contribution in [1.29, 1.82) is 0 Å². The molecule has 1 aliphatic rings. The highest BCUT2D eigenvalue weighted by molar-refractivity contribution is 9.11. The quantitative estimate of drug-likeness (QED) is 0.767. The van der Waals surface area contributed by atoms with E-state index in [1.165, 1.54) is 40.8 Å². The number of hydrogen-bond acceptors (Lipinski definition) is 2. The highest BCUT2D eigenvalue weighted by Gasteiger charge is 2.18. The Bertz CT molecular complexity index is 383. The summed E-state index contributed by atoms with van der Waals surface area (Å²) in [5.41, 5.74) is 1.60. The summed E-state index contributed by atoms with van der Waals surface area (Å²) >= 11 is 5.41. The smallest absolute Gasteiger partial charge is 0.0702 e. The van der Waals surface area contributed by atoms with Crippen LogP contribution in [0.3, 0.4) is 0 Å². The van der Waals surface area contributed by atoms with Crippen LogP contribution in [0, 0.1) is 0 Å². The van der Waals surface area contributed by atoms with Crippen LogP contribution in [0.1, 0.15) is 49.9 Å². The van der Waals surface area contributed by atoms with Crippen molar-refractivity contribution in [1.82, 2.24) is 5.32 Å². The molecule has 1 aliphatic carbocycles. The lowest BCUT2D eigenvalue weighted by molar-refractivity contribution is 0.597. The second-order valence-corrected chi connectivity index (χ2v) is 7.01. The van der Waals surface area contributed by atoms with Gasteiger partial charge >= 0.3 is 0 Å². The molecule has 0 aliphatic heterocycles. The lowest BCUT2D eigenvalue weighted by atomic mass is 10.0. The van der Waals surface area contributed by atoms with Crippen LogP contribution in [0.2, 0.25) is 0 Å². The summed E-state index contributed by atoms with van der Waals surface area (Å²) in [5, 5.41) is 3.63. The van der Waals surface area contributed by atoms with Gasteiger partial charge < -0.3 is 5.32 Å². The fourth-order valence-corrected chi connectivity index (χ4v) is 3.95. The molecule has 0 radical (unpaired) electrons. The molecule has 1 aromatic rings. The maximum absolute atomic E-state index is 3.63. The standard InChI is InChI=1S/C14H20BrNS/c1-2-16-14(12-9-10-13(15)17-12)11-7-5-3-4-6-8-11/h7,9-10,14,16H,2-6,8H2,1H3. The van der Waals surface area contributed by atoms with Gasteiger partial charge in [0, 0.05) is 4.88 Å². The van der Waals surface area contributed by atoms with E-state index in [1.807, 2.05) is 11.3 Å². The molecule has 0 amide bonds. The van der Waals surface area contributed by atoms with E-state index in [-0.39, 0.29) is 0 Å². The maximum Gasteiger partial charge on any atom is 0.0702 e. The lowest BCUT2D eigenvalue weighted by Gasteiger charge is -2.19. The Morgan fingerprint density at radius 2 is 2.24 bits per heavy atom. The summed E-state index contributed by atoms with van der Waals surface area (Å²) in [7, 11) is 0. The molecule has 1 heterocycles. The third-order valence-corrected chi connectivity index (χ3v) is 4.92. The van der Waals surface area contributed by atoms with Gasteiger partial charge in [0.1, 0.15) is 0 Å². The third kappa shape index (κ3) is 3.67. The van der Waals surface area contributed by atoms with Crippen molar-refractivity contribution in [3.8, 4) is 0 Å². The van der Waals surface area contributed by atoms with Crippen LogP contribution >= 0.6 is 27.3 Å².